The summed E-state index contributed by atoms with van der Waals surface area (Å²) < 4.78 is 1.89. The molecule has 0 spiro atoms. The molecule has 5 heteroatoms. The predicted octanol–water partition coefficient (Wildman–Crippen LogP) is 2.90. The number of benzene rings is 1. The summed E-state index contributed by atoms with van der Waals surface area (Å²) in [6.07, 6.45) is 6.94. The highest BCUT2D eigenvalue weighted by Crippen LogP contribution is 2.19. The van der Waals surface area contributed by atoms with Gasteiger partial charge in [0, 0.05) is 18.2 Å². The number of hydrogen-bond acceptors (Lipinski definition) is 3. The molecule has 112 valence electrons. The minimum absolute atomic E-state index is 0.00819. The molecule has 3 rings (SSSR count). The topological polar surface area (TPSA) is 59.8 Å². The summed E-state index contributed by atoms with van der Waals surface area (Å²) in [4.78, 5) is 12.3. The van der Waals surface area contributed by atoms with Crippen LogP contribution in [0.2, 0.25) is 0 Å². The highest BCUT2D eigenvalue weighted by molar-refractivity contribution is 5.97. The summed E-state index contributed by atoms with van der Waals surface area (Å²) in [6, 6.07) is 5.99. The van der Waals surface area contributed by atoms with Crippen molar-refractivity contribution in [3.05, 3.63) is 23.8 Å². The van der Waals surface area contributed by atoms with Crippen LogP contribution in [0.1, 0.15) is 55.8 Å². The molecule has 2 aromatic rings. The Balaban J connectivity index is 1.75. The lowest BCUT2D eigenvalue weighted by Crippen LogP contribution is -2.36. The summed E-state index contributed by atoms with van der Waals surface area (Å²) in [5, 5.41) is 11.4. The van der Waals surface area contributed by atoms with E-state index in [9.17, 15) is 4.79 Å². The number of fused-ring (bicyclic) bond motifs is 1. The van der Waals surface area contributed by atoms with Crippen molar-refractivity contribution in [1.29, 1.82) is 0 Å². The fourth-order valence-electron chi connectivity index (χ4n) is 3.01. The van der Waals surface area contributed by atoms with E-state index in [-0.39, 0.29) is 5.91 Å². The third kappa shape index (κ3) is 3.06. The van der Waals surface area contributed by atoms with E-state index in [1.807, 2.05) is 22.9 Å². The lowest BCUT2D eigenvalue weighted by molar-refractivity contribution is 0.0928. The fourth-order valence-corrected chi connectivity index (χ4v) is 3.01. The molecule has 0 saturated heterocycles. The first-order valence-electron chi connectivity index (χ1n) is 7.92. The number of nitrogens with zero attached hydrogens (tertiary/aromatic N) is 3. The molecule has 0 radical (unpaired) electrons. The molecule has 21 heavy (non-hydrogen) atoms. The Morgan fingerprint density at radius 3 is 2.90 bits per heavy atom. The summed E-state index contributed by atoms with van der Waals surface area (Å²) in [5.74, 6) is 0.00819. The summed E-state index contributed by atoms with van der Waals surface area (Å²) >= 11 is 0. The zero-order valence-corrected chi connectivity index (χ0v) is 12.5. The molecule has 1 amide bonds. The number of carbonyl (C=O) groups excluding carboxylic acids is 1. The first-order chi connectivity index (χ1) is 10.3. The number of rotatable bonds is 4. The van der Waals surface area contributed by atoms with Crippen LogP contribution in [0, 0.1) is 0 Å². The van der Waals surface area contributed by atoms with E-state index in [2.05, 4.69) is 22.6 Å². The molecule has 1 aromatic heterocycles. The van der Waals surface area contributed by atoms with Gasteiger partial charge in [0.05, 0.1) is 5.52 Å². The van der Waals surface area contributed by atoms with Crippen LogP contribution >= 0.6 is 0 Å². The van der Waals surface area contributed by atoms with Crippen LogP contribution in [-0.2, 0) is 6.54 Å². The maximum atomic E-state index is 12.3. The van der Waals surface area contributed by atoms with E-state index >= 15 is 0 Å². The third-order valence-corrected chi connectivity index (χ3v) is 4.15. The van der Waals surface area contributed by atoms with Crippen LogP contribution in [0.3, 0.4) is 0 Å². The number of aromatic nitrogens is 3. The highest BCUT2D eigenvalue weighted by Gasteiger charge is 2.17. The monoisotopic (exact) mass is 286 g/mol. The molecule has 1 aromatic carbocycles. The second-order valence-electron chi connectivity index (χ2n) is 5.82. The van der Waals surface area contributed by atoms with Crippen LogP contribution in [0.4, 0.5) is 0 Å². The predicted molar refractivity (Wildman–Crippen MR) is 82.2 cm³/mol. The standard InChI is InChI=1S/C16H22N4O/c1-2-10-20-15-9-8-12(11-14(15)18-19-20)16(21)17-13-6-4-3-5-7-13/h8-9,11,13H,2-7,10H2,1H3,(H,17,21). The zero-order chi connectivity index (χ0) is 14.7. The maximum Gasteiger partial charge on any atom is 0.251 e. The van der Waals surface area contributed by atoms with Crippen molar-refractivity contribution in [1.82, 2.24) is 20.3 Å². The number of hydrogen-bond donors (Lipinski definition) is 1. The van der Waals surface area contributed by atoms with Crippen LogP contribution in [0.5, 0.6) is 0 Å². The fraction of sp³-hybridized carbons (Fsp3) is 0.562. The van der Waals surface area contributed by atoms with Gasteiger partial charge in [-0.15, -0.1) is 5.10 Å². The molecule has 0 bridgehead atoms. The van der Waals surface area contributed by atoms with E-state index in [4.69, 9.17) is 0 Å². The lowest BCUT2D eigenvalue weighted by atomic mass is 9.95. The largest absolute Gasteiger partial charge is 0.349 e. The molecular weight excluding hydrogens is 264 g/mol. The van der Waals surface area contributed by atoms with Gasteiger partial charge in [-0.3, -0.25) is 4.79 Å². The summed E-state index contributed by atoms with van der Waals surface area (Å²) in [6.45, 7) is 2.96. The second-order valence-corrected chi connectivity index (χ2v) is 5.82. The summed E-state index contributed by atoms with van der Waals surface area (Å²) in [7, 11) is 0. The Morgan fingerprint density at radius 1 is 1.33 bits per heavy atom. The van der Waals surface area contributed by atoms with Crippen LogP contribution in [-0.4, -0.2) is 26.9 Å². The molecule has 1 N–H and O–H groups in total. The minimum atomic E-state index is 0.00819. The molecule has 0 atom stereocenters. The lowest BCUT2D eigenvalue weighted by Gasteiger charge is -2.22. The van der Waals surface area contributed by atoms with Crippen LogP contribution in [0.25, 0.3) is 11.0 Å². The van der Waals surface area contributed by atoms with Gasteiger partial charge in [0.1, 0.15) is 5.52 Å². The number of aryl methyl sites for hydroxylation is 1. The van der Waals surface area contributed by atoms with E-state index in [1.54, 1.807) is 0 Å². The smallest absolute Gasteiger partial charge is 0.251 e. The van der Waals surface area contributed by atoms with Gasteiger partial charge in [0.15, 0.2) is 0 Å². The van der Waals surface area contributed by atoms with Crippen molar-refractivity contribution in [3.63, 3.8) is 0 Å². The maximum absolute atomic E-state index is 12.3. The second kappa shape index (κ2) is 6.24. The molecule has 1 aliphatic rings. The van der Waals surface area contributed by atoms with E-state index in [1.165, 1.54) is 19.3 Å². The first-order valence-corrected chi connectivity index (χ1v) is 7.92. The van der Waals surface area contributed by atoms with Gasteiger partial charge in [-0.25, -0.2) is 4.68 Å². The average molecular weight is 286 g/mol. The van der Waals surface area contributed by atoms with E-state index in [0.717, 1.165) is 36.8 Å². The van der Waals surface area contributed by atoms with Crippen molar-refractivity contribution in [2.45, 2.75) is 58.0 Å². The molecule has 1 fully saturated rings. The van der Waals surface area contributed by atoms with Gasteiger partial charge in [-0.1, -0.05) is 31.4 Å². The van der Waals surface area contributed by atoms with Crippen molar-refractivity contribution in [2.24, 2.45) is 0 Å². The van der Waals surface area contributed by atoms with Crippen molar-refractivity contribution in [2.75, 3.05) is 0 Å². The molecule has 0 unspecified atom stereocenters. The van der Waals surface area contributed by atoms with E-state index < -0.39 is 0 Å². The van der Waals surface area contributed by atoms with Crippen LogP contribution in [0.15, 0.2) is 18.2 Å². The normalized spacial score (nSPS) is 16.2. The van der Waals surface area contributed by atoms with Gasteiger partial charge in [-0.05, 0) is 37.5 Å². The Labute approximate surface area is 124 Å². The number of carbonyl (C=O) groups is 1. The molecule has 1 aliphatic carbocycles. The van der Waals surface area contributed by atoms with Crippen molar-refractivity contribution in [3.8, 4) is 0 Å². The minimum Gasteiger partial charge on any atom is -0.349 e. The van der Waals surface area contributed by atoms with Crippen molar-refractivity contribution >= 4 is 16.9 Å². The SMILES string of the molecule is CCCn1nnc2cc(C(=O)NC3CCCCC3)ccc21. The Kier molecular flexibility index (Phi) is 4.18. The van der Waals surface area contributed by atoms with E-state index in [0.29, 0.717) is 11.6 Å². The van der Waals surface area contributed by atoms with Gasteiger partial charge in [0.2, 0.25) is 0 Å². The zero-order valence-electron chi connectivity index (χ0n) is 12.5. The van der Waals surface area contributed by atoms with Gasteiger partial charge in [0.25, 0.3) is 5.91 Å². The van der Waals surface area contributed by atoms with Crippen molar-refractivity contribution < 1.29 is 4.79 Å². The Bertz CT molecular complexity index is 628. The van der Waals surface area contributed by atoms with Gasteiger partial charge < -0.3 is 5.32 Å². The number of nitrogens with one attached hydrogen (secondary N) is 1. The van der Waals surface area contributed by atoms with Gasteiger partial charge >= 0.3 is 0 Å². The Morgan fingerprint density at radius 2 is 2.14 bits per heavy atom. The molecule has 0 aliphatic heterocycles. The molecular formula is C16H22N4O. The average Bonchev–Trinajstić information content (AvgIpc) is 2.91. The molecule has 5 nitrogen and oxygen atoms in total. The molecule has 1 heterocycles. The Hall–Kier alpha value is -1.91. The molecule has 1 saturated carbocycles. The highest BCUT2D eigenvalue weighted by atomic mass is 16.1. The third-order valence-electron chi connectivity index (χ3n) is 4.15. The summed E-state index contributed by atoms with van der Waals surface area (Å²) in [5.41, 5.74) is 2.46. The first kappa shape index (κ1) is 14.0. The van der Waals surface area contributed by atoms with Gasteiger partial charge in [-0.2, -0.15) is 0 Å². The van der Waals surface area contributed by atoms with Crippen LogP contribution < -0.4 is 5.32 Å². The quantitative estimate of drug-likeness (QED) is 0.940. The number of amides is 1.